The minimum Gasteiger partial charge on any atom is -0.366 e. The zero-order valence-electron chi connectivity index (χ0n) is 15.6. The van der Waals surface area contributed by atoms with Gasteiger partial charge in [0, 0.05) is 36.4 Å². The number of carbonyl (C=O) groups excluding carboxylic acids is 3. The second-order valence-corrected chi connectivity index (χ2v) is 7.38. The predicted molar refractivity (Wildman–Crippen MR) is 102 cm³/mol. The highest BCUT2D eigenvalue weighted by molar-refractivity contribution is 5.95. The molecule has 5 N–H and O–H groups in total. The predicted octanol–water partition coefficient (Wildman–Crippen LogP) is 0.958. The molecule has 0 atom stereocenters. The van der Waals surface area contributed by atoms with Crippen molar-refractivity contribution in [2.75, 3.05) is 25.0 Å². The van der Waals surface area contributed by atoms with Crippen LogP contribution in [0.1, 0.15) is 41.6 Å². The quantitative estimate of drug-likeness (QED) is 0.594. The van der Waals surface area contributed by atoms with Crippen LogP contribution in [0, 0.1) is 6.92 Å². The second-order valence-electron chi connectivity index (χ2n) is 7.38. The number of hydrogen-bond donors (Lipinski definition) is 4. The lowest BCUT2D eigenvalue weighted by Gasteiger charge is -2.31. The largest absolute Gasteiger partial charge is 0.366 e. The van der Waals surface area contributed by atoms with Gasteiger partial charge in [0.15, 0.2) is 0 Å². The summed E-state index contributed by atoms with van der Waals surface area (Å²) in [4.78, 5) is 37.4. The minimum absolute atomic E-state index is 0.0814. The van der Waals surface area contributed by atoms with Crippen LogP contribution in [0.4, 0.5) is 10.5 Å². The number of primary amides is 1. The summed E-state index contributed by atoms with van der Waals surface area (Å²) in [5, 5.41) is 8.79. The Morgan fingerprint density at radius 3 is 2.33 bits per heavy atom. The molecular weight excluding hydrogens is 346 g/mol. The molecule has 1 aliphatic carbocycles. The normalized spacial score (nSPS) is 18.0. The monoisotopic (exact) mass is 373 g/mol. The van der Waals surface area contributed by atoms with E-state index in [-0.39, 0.29) is 18.0 Å². The first-order chi connectivity index (χ1) is 12.9. The summed E-state index contributed by atoms with van der Waals surface area (Å²) in [6.07, 6.45) is 3.81. The Kier molecular flexibility index (Phi) is 5.95. The molecule has 0 unspecified atom stereocenters. The number of anilines is 1. The van der Waals surface area contributed by atoms with Crippen molar-refractivity contribution < 1.29 is 14.4 Å². The van der Waals surface area contributed by atoms with Crippen LogP contribution >= 0.6 is 0 Å². The Hall–Kier alpha value is -2.61. The number of benzene rings is 1. The molecule has 146 valence electrons. The molecule has 1 aromatic rings. The van der Waals surface area contributed by atoms with E-state index in [9.17, 15) is 14.4 Å². The van der Waals surface area contributed by atoms with Crippen molar-refractivity contribution in [3.05, 3.63) is 29.3 Å². The molecule has 2 fully saturated rings. The lowest BCUT2D eigenvalue weighted by Crippen LogP contribution is -2.48. The number of aryl methyl sites for hydroxylation is 1. The van der Waals surface area contributed by atoms with Crippen LogP contribution in [0.15, 0.2) is 18.2 Å². The molecule has 8 nitrogen and oxygen atoms in total. The fraction of sp³-hybridized carbons (Fsp3) is 0.526. The summed E-state index contributed by atoms with van der Waals surface area (Å²) in [5.74, 6) is -0.400. The van der Waals surface area contributed by atoms with Gasteiger partial charge in [-0.05, 0) is 56.4 Å². The van der Waals surface area contributed by atoms with Crippen molar-refractivity contribution in [3.8, 4) is 0 Å². The maximum Gasteiger partial charge on any atom is 0.319 e. The highest BCUT2D eigenvalue weighted by atomic mass is 16.2. The summed E-state index contributed by atoms with van der Waals surface area (Å²) >= 11 is 0. The van der Waals surface area contributed by atoms with Crippen LogP contribution < -0.4 is 21.7 Å². The number of carbonyl (C=O) groups is 3. The van der Waals surface area contributed by atoms with Crippen molar-refractivity contribution in [3.63, 3.8) is 0 Å². The van der Waals surface area contributed by atoms with Gasteiger partial charge in [0.1, 0.15) is 0 Å². The minimum atomic E-state index is -0.494. The third-order valence-electron chi connectivity index (χ3n) is 4.99. The Labute approximate surface area is 158 Å². The van der Waals surface area contributed by atoms with Gasteiger partial charge in [0.05, 0.1) is 6.54 Å². The topological polar surface area (TPSA) is 117 Å². The van der Waals surface area contributed by atoms with Crippen molar-refractivity contribution in [2.24, 2.45) is 5.73 Å². The van der Waals surface area contributed by atoms with Gasteiger partial charge in [0.2, 0.25) is 11.8 Å². The molecular formula is C19H27N5O3. The van der Waals surface area contributed by atoms with Gasteiger partial charge in [0.25, 0.3) is 0 Å². The first-order valence-electron chi connectivity index (χ1n) is 9.40. The van der Waals surface area contributed by atoms with E-state index in [1.807, 2.05) is 6.92 Å². The number of hydrogen-bond acceptors (Lipinski definition) is 4. The van der Waals surface area contributed by atoms with Gasteiger partial charge < -0.3 is 21.7 Å². The lowest BCUT2D eigenvalue weighted by atomic mass is 10.1. The number of urea groups is 1. The Balaban J connectivity index is 1.41. The Morgan fingerprint density at radius 2 is 1.74 bits per heavy atom. The van der Waals surface area contributed by atoms with Gasteiger partial charge in [-0.25, -0.2) is 4.79 Å². The zero-order valence-corrected chi connectivity index (χ0v) is 15.6. The summed E-state index contributed by atoms with van der Waals surface area (Å²) in [6, 6.07) is 5.13. The van der Waals surface area contributed by atoms with Crippen LogP contribution in [-0.2, 0) is 4.79 Å². The Bertz CT molecular complexity index is 724. The van der Waals surface area contributed by atoms with Gasteiger partial charge in [-0.1, -0.05) is 0 Å². The molecule has 27 heavy (non-hydrogen) atoms. The van der Waals surface area contributed by atoms with Crippen LogP contribution in [0.5, 0.6) is 0 Å². The third kappa shape index (κ3) is 5.68. The van der Waals surface area contributed by atoms with E-state index >= 15 is 0 Å². The number of piperidine rings is 1. The van der Waals surface area contributed by atoms with Crippen molar-refractivity contribution >= 4 is 23.5 Å². The van der Waals surface area contributed by atoms with E-state index in [1.54, 1.807) is 18.2 Å². The molecule has 8 heteroatoms. The molecule has 4 amide bonds. The average Bonchev–Trinajstić information content (AvgIpc) is 3.42. The molecule has 1 aromatic carbocycles. The van der Waals surface area contributed by atoms with E-state index in [1.165, 1.54) is 0 Å². The highest BCUT2D eigenvalue weighted by Crippen LogP contribution is 2.19. The molecule has 1 saturated heterocycles. The maximum atomic E-state index is 12.2. The zero-order chi connectivity index (χ0) is 19.4. The van der Waals surface area contributed by atoms with Crippen molar-refractivity contribution in [1.29, 1.82) is 0 Å². The van der Waals surface area contributed by atoms with Crippen molar-refractivity contribution in [2.45, 2.75) is 44.7 Å². The number of likely N-dealkylation sites (tertiary alicyclic amines) is 1. The van der Waals surface area contributed by atoms with Gasteiger partial charge in [-0.15, -0.1) is 0 Å². The van der Waals surface area contributed by atoms with Gasteiger partial charge in [-0.3, -0.25) is 14.5 Å². The molecule has 0 bridgehead atoms. The standard InChI is InChI=1S/C19H27N5O3/c1-12-10-13(18(20)26)2-5-16(12)23-19(27)22-15-6-8-24(9-7-15)11-17(25)21-14-3-4-14/h2,5,10,14-15H,3-4,6-9,11H2,1H3,(H2,20,26)(H,21,25)(H2,22,23,27). The van der Waals surface area contributed by atoms with Crippen LogP contribution in [0.2, 0.25) is 0 Å². The molecule has 1 aliphatic heterocycles. The third-order valence-corrected chi connectivity index (χ3v) is 4.99. The molecule has 2 aliphatic rings. The maximum absolute atomic E-state index is 12.2. The molecule has 0 aromatic heterocycles. The fourth-order valence-corrected chi connectivity index (χ4v) is 3.24. The Morgan fingerprint density at radius 1 is 1.07 bits per heavy atom. The molecule has 0 spiro atoms. The van der Waals surface area contributed by atoms with Crippen LogP contribution in [0.3, 0.4) is 0 Å². The summed E-state index contributed by atoms with van der Waals surface area (Å²) in [5.41, 5.74) is 7.09. The molecule has 0 radical (unpaired) electrons. The number of nitrogens with one attached hydrogen (secondary N) is 3. The van der Waals surface area contributed by atoms with Crippen LogP contribution in [-0.4, -0.2) is 54.5 Å². The molecule has 1 heterocycles. The van der Waals surface area contributed by atoms with E-state index < -0.39 is 5.91 Å². The second kappa shape index (κ2) is 8.39. The van der Waals surface area contributed by atoms with Crippen molar-refractivity contribution in [1.82, 2.24) is 15.5 Å². The van der Waals surface area contributed by atoms with E-state index in [0.717, 1.165) is 44.3 Å². The van der Waals surface area contributed by atoms with Crippen LogP contribution in [0.25, 0.3) is 0 Å². The summed E-state index contributed by atoms with van der Waals surface area (Å²) in [7, 11) is 0. The SMILES string of the molecule is Cc1cc(C(N)=O)ccc1NC(=O)NC1CCN(CC(=O)NC2CC2)CC1. The highest BCUT2D eigenvalue weighted by Gasteiger charge is 2.26. The molecule has 1 saturated carbocycles. The fourth-order valence-electron chi connectivity index (χ4n) is 3.24. The summed E-state index contributed by atoms with van der Waals surface area (Å²) < 4.78 is 0. The summed E-state index contributed by atoms with van der Waals surface area (Å²) in [6.45, 7) is 3.82. The van der Waals surface area contributed by atoms with E-state index in [0.29, 0.717) is 23.8 Å². The number of nitrogens with zero attached hydrogens (tertiary/aromatic N) is 1. The number of rotatable bonds is 6. The van der Waals surface area contributed by atoms with E-state index in [2.05, 4.69) is 20.9 Å². The van der Waals surface area contributed by atoms with E-state index in [4.69, 9.17) is 5.73 Å². The lowest BCUT2D eigenvalue weighted by molar-refractivity contribution is -0.122. The number of nitrogens with two attached hydrogens (primary N) is 1. The first-order valence-corrected chi connectivity index (χ1v) is 9.40. The average molecular weight is 373 g/mol. The molecule has 3 rings (SSSR count). The number of amides is 4. The van der Waals surface area contributed by atoms with Gasteiger partial charge >= 0.3 is 6.03 Å². The van der Waals surface area contributed by atoms with Gasteiger partial charge in [-0.2, -0.15) is 0 Å². The first kappa shape index (κ1) is 19.2. The smallest absolute Gasteiger partial charge is 0.319 e.